The molecule has 86 valence electrons. The van der Waals surface area contributed by atoms with Crippen LogP contribution in [0.4, 0.5) is 0 Å². The molecule has 0 aliphatic carbocycles. The van der Waals surface area contributed by atoms with Crippen LogP contribution in [0.2, 0.25) is 0 Å². The van der Waals surface area contributed by atoms with Crippen LogP contribution < -0.4 is 10.5 Å². The minimum absolute atomic E-state index is 0.0247. The Bertz CT molecular complexity index is 400. The van der Waals surface area contributed by atoms with E-state index in [4.69, 9.17) is 5.14 Å². The highest BCUT2D eigenvalue weighted by molar-refractivity contribution is 7.89. The van der Waals surface area contributed by atoms with Gasteiger partial charge in [-0.05, 0) is 6.92 Å². The highest BCUT2D eigenvalue weighted by Gasteiger charge is 2.01. The summed E-state index contributed by atoms with van der Waals surface area (Å²) in [6, 6.07) is 0. The first kappa shape index (κ1) is 12.6. The number of primary sulfonamides is 1. The van der Waals surface area contributed by atoms with E-state index < -0.39 is 10.0 Å². The topological polar surface area (TPSA) is 85.1 Å². The van der Waals surface area contributed by atoms with Crippen molar-refractivity contribution >= 4 is 21.4 Å². The molecule has 0 saturated heterocycles. The van der Waals surface area contributed by atoms with Crippen LogP contribution in [0.15, 0.2) is 5.38 Å². The van der Waals surface area contributed by atoms with E-state index in [0.717, 1.165) is 23.7 Å². The second-order valence-electron chi connectivity index (χ2n) is 3.22. The molecule has 0 amide bonds. The average molecular weight is 249 g/mol. The quantitative estimate of drug-likeness (QED) is 0.688. The summed E-state index contributed by atoms with van der Waals surface area (Å²) in [5, 5.41) is 10.9. The molecular formula is C8H15N3O2S2. The average Bonchev–Trinajstić information content (AvgIpc) is 2.49. The van der Waals surface area contributed by atoms with E-state index in [1.165, 1.54) is 0 Å². The van der Waals surface area contributed by atoms with Crippen LogP contribution in [-0.2, 0) is 16.4 Å². The van der Waals surface area contributed by atoms with Crippen LogP contribution in [0.5, 0.6) is 0 Å². The number of thiazole rings is 1. The zero-order chi connectivity index (χ0) is 11.3. The molecule has 7 heteroatoms. The highest BCUT2D eigenvalue weighted by Crippen LogP contribution is 2.07. The predicted molar refractivity (Wildman–Crippen MR) is 61.4 cm³/mol. The lowest BCUT2D eigenvalue weighted by molar-refractivity contribution is 0.592. The van der Waals surface area contributed by atoms with E-state index in [1.54, 1.807) is 11.3 Å². The highest BCUT2D eigenvalue weighted by atomic mass is 32.2. The van der Waals surface area contributed by atoms with Gasteiger partial charge in [-0.15, -0.1) is 11.3 Å². The van der Waals surface area contributed by atoms with Crippen LogP contribution in [0.25, 0.3) is 0 Å². The molecule has 0 aromatic carbocycles. The summed E-state index contributed by atoms with van der Waals surface area (Å²) < 4.78 is 21.2. The molecule has 5 nitrogen and oxygen atoms in total. The van der Waals surface area contributed by atoms with Crippen molar-refractivity contribution in [2.45, 2.75) is 13.3 Å². The Balaban J connectivity index is 2.12. The lowest BCUT2D eigenvalue weighted by atomic mass is 10.3. The third-order valence-corrected chi connectivity index (χ3v) is 3.38. The third kappa shape index (κ3) is 5.83. The Morgan fingerprint density at radius 1 is 1.53 bits per heavy atom. The normalized spacial score (nSPS) is 11.9. The minimum atomic E-state index is -3.34. The Hall–Kier alpha value is -0.500. The summed E-state index contributed by atoms with van der Waals surface area (Å²) >= 11 is 1.62. The molecule has 0 aliphatic rings. The lowest BCUT2D eigenvalue weighted by Crippen LogP contribution is -2.28. The summed E-state index contributed by atoms with van der Waals surface area (Å²) in [6.07, 6.45) is 0.814. The van der Waals surface area contributed by atoms with Crippen LogP contribution in [0, 0.1) is 6.92 Å². The summed E-state index contributed by atoms with van der Waals surface area (Å²) in [5.74, 6) is -0.0247. The molecule has 0 atom stereocenters. The van der Waals surface area contributed by atoms with Crippen molar-refractivity contribution in [3.05, 3.63) is 16.1 Å². The van der Waals surface area contributed by atoms with Gasteiger partial charge in [-0.1, -0.05) is 0 Å². The van der Waals surface area contributed by atoms with Gasteiger partial charge in [0.05, 0.1) is 16.5 Å². The molecule has 1 heterocycles. The van der Waals surface area contributed by atoms with Crippen LogP contribution >= 0.6 is 11.3 Å². The molecule has 0 unspecified atom stereocenters. The summed E-state index contributed by atoms with van der Waals surface area (Å²) in [4.78, 5) is 4.29. The fraction of sp³-hybridized carbons (Fsp3) is 0.625. The van der Waals surface area contributed by atoms with E-state index in [1.807, 2.05) is 12.3 Å². The lowest BCUT2D eigenvalue weighted by Gasteiger charge is -2.01. The van der Waals surface area contributed by atoms with Gasteiger partial charge in [0.1, 0.15) is 0 Å². The smallest absolute Gasteiger partial charge is 0.210 e. The fourth-order valence-corrected chi connectivity index (χ4v) is 2.15. The molecule has 0 aliphatic heterocycles. The van der Waals surface area contributed by atoms with Gasteiger partial charge < -0.3 is 5.32 Å². The molecule has 0 spiro atoms. The van der Waals surface area contributed by atoms with Crippen molar-refractivity contribution in [2.24, 2.45) is 5.14 Å². The largest absolute Gasteiger partial charge is 0.315 e. The maximum Gasteiger partial charge on any atom is 0.210 e. The Morgan fingerprint density at radius 2 is 2.27 bits per heavy atom. The van der Waals surface area contributed by atoms with Crippen molar-refractivity contribution in [3.8, 4) is 0 Å². The fourth-order valence-electron chi connectivity index (χ4n) is 1.08. The van der Waals surface area contributed by atoms with E-state index in [9.17, 15) is 8.42 Å². The van der Waals surface area contributed by atoms with Crippen LogP contribution in [0.3, 0.4) is 0 Å². The molecule has 3 N–H and O–H groups in total. The first-order chi connectivity index (χ1) is 6.97. The Labute approximate surface area is 93.8 Å². The van der Waals surface area contributed by atoms with E-state index in [2.05, 4.69) is 10.3 Å². The maximum atomic E-state index is 10.6. The molecule has 0 bridgehead atoms. The van der Waals surface area contributed by atoms with Gasteiger partial charge in [-0.2, -0.15) is 0 Å². The van der Waals surface area contributed by atoms with Crippen molar-refractivity contribution < 1.29 is 8.42 Å². The second-order valence-corrected chi connectivity index (χ2v) is 6.02. The molecule has 15 heavy (non-hydrogen) atoms. The predicted octanol–water partition coefficient (Wildman–Crippen LogP) is -0.128. The van der Waals surface area contributed by atoms with Gasteiger partial charge >= 0.3 is 0 Å². The zero-order valence-electron chi connectivity index (χ0n) is 8.56. The molecule has 1 aromatic heterocycles. The summed E-state index contributed by atoms with van der Waals surface area (Å²) in [5.41, 5.74) is 1.04. The van der Waals surface area contributed by atoms with Gasteiger partial charge in [0.2, 0.25) is 10.0 Å². The van der Waals surface area contributed by atoms with Crippen molar-refractivity contribution in [1.82, 2.24) is 10.3 Å². The van der Waals surface area contributed by atoms with E-state index in [0.29, 0.717) is 6.54 Å². The molecule has 0 fully saturated rings. The Morgan fingerprint density at radius 3 is 2.80 bits per heavy atom. The molecular weight excluding hydrogens is 234 g/mol. The monoisotopic (exact) mass is 249 g/mol. The summed E-state index contributed by atoms with van der Waals surface area (Å²) in [6.45, 7) is 3.07. The number of nitrogens with zero attached hydrogens (tertiary/aromatic N) is 1. The van der Waals surface area contributed by atoms with Crippen molar-refractivity contribution in [2.75, 3.05) is 18.8 Å². The molecule has 1 aromatic rings. The Kier molecular flexibility index (Phi) is 4.65. The molecule has 0 radical (unpaired) electrons. The second kappa shape index (κ2) is 5.55. The third-order valence-electron chi connectivity index (χ3n) is 1.79. The van der Waals surface area contributed by atoms with E-state index >= 15 is 0 Å². The van der Waals surface area contributed by atoms with Crippen molar-refractivity contribution in [1.29, 1.82) is 0 Å². The molecule has 0 saturated carbocycles. The number of hydrogen-bond acceptors (Lipinski definition) is 5. The van der Waals surface area contributed by atoms with Crippen LogP contribution in [-0.4, -0.2) is 32.2 Å². The number of rotatable bonds is 6. The number of sulfonamides is 1. The van der Waals surface area contributed by atoms with Gasteiger partial charge in [-0.25, -0.2) is 18.5 Å². The van der Waals surface area contributed by atoms with Gasteiger partial charge in [0.15, 0.2) is 0 Å². The number of nitrogens with one attached hydrogen (secondary N) is 1. The molecule has 1 rings (SSSR count). The maximum absolute atomic E-state index is 10.6. The zero-order valence-corrected chi connectivity index (χ0v) is 10.2. The number of nitrogens with two attached hydrogens (primary N) is 1. The first-order valence-corrected chi connectivity index (χ1v) is 7.19. The SMILES string of the molecule is Cc1nc(CCNCCS(N)(=O)=O)cs1. The minimum Gasteiger partial charge on any atom is -0.315 e. The summed E-state index contributed by atoms with van der Waals surface area (Å²) in [7, 11) is -3.34. The first-order valence-electron chi connectivity index (χ1n) is 4.59. The standard InChI is InChI=1S/C8H15N3O2S2/c1-7-11-8(6-14-7)2-3-10-4-5-15(9,12)13/h6,10H,2-5H2,1H3,(H2,9,12,13). The number of hydrogen-bond donors (Lipinski definition) is 2. The van der Waals surface area contributed by atoms with E-state index in [-0.39, 0.29) is 5.75 Å². The van der Waals surface area contributed by atoms with Gasteiger partial charge in [0, 0.05) is 24.9 Å². The number of aryl methyl sites for hydroxylation is 1. The van der Waals surface area contributed by atoms with Crippen molar-refractivity contribution in [3.63, 3.8) is 0 Å². The number of aromatic nitrogens is 1. The van der Waals surface area contributed by atoms with Crippen LogP contribution in [0.1, 0.15) is 10.7 Å². The van der Waals surface area contributed by atoms with Gasteiger partial charge in [0.25, 0.3) is 0 Å². The van der Waals surface area contributed by atoms with Gasteiger partial charge in [-0.3, -0.25) is 0 Å².